The van der Waals surface area contributed by atoms with Crippen LogP contribution >= 0.6 is 0 Å². The van der Waals surface area contributed by atoms with Gasteiger partial charge in [0.2, 0.25) is 5.91 Å². The Bertz CT molecular complexity index is 985. The Morgan fingerprint density at radius 1 is 1.19 bits per heavy atom. The molecule has 0 aliphatic carbocycles. The van der Waals surface area contributed by atoms with Crippen molar-refractivity contribution in [2.45, 2.75) is 24.7 Å². The topological polar surface area (TPSA) is 104 Å². The molecule has 0 saturated carbocycles. The number of carbonyl (C=O) groups is 2. The molecular formula is C18H18N2O5S. The molecule has 0 spiro atoms. The number of nitrogens with one attached hydrogen (secondary N) is 1. The zero-order valence-corrected chi connectivity index (χ0v) is 14.9. The lowest BCUT2D eigenvalue weighted by molar-refractivity contribution is -0.117. The van der Waals surface area contributed by atoms with Crippen LogP contribution in [0, 0.1) is 6.92 Å². The molecule has 136 valence electrons. The quantitative estimate of drug-likeness (QED) is 0.837. The van der Waals surface area contributed by atoms with Crippen LogP contribution in [0.5, 0.6) is 0 Å². The van der Waals surface area contributed by atoms with Crippen LogP contribution in [0.15, 0.2) is 47.4 Å². The van der Waals surface area contributed by atoms with Crippen LogP contribution < -0.4 is 9.62 Å². The number of aromatic carboxylic acids is 1. The first-order chi connectivity index (χ1) is 12.3. The average molecular weight is 374 g/mol. The second-order valence-corrected chi connectivity index (χ2v) is 7.74. The molecule has 2 N–H and O–H groups in total. The van der Waals surface area contributed by atoms with Crippen LogP contribution in [0.25, 0.3) is 0 Å². The summed E-state index contributed by atoms with van der Waals surface area (Å²) in [5, 5.41) is 9.09. The van der Waals surface area contributed by atoms with E-state index in [1.807, 2.05) is 0 Å². The Kier molecular flexibility index (Phi) is 4.69. The molecule has 0 atom stereocenters. The number of carboxylic acids is 1. The normalized spacial score (nSPS) is 14.5. The molecule has 1 amide bonds. The fourth-order valence-corrected chi connectivity index (χ4v) is 4.21. The van der Waals surface area contributed by atoms with Crippen LogP contribution in [0.2, 0.25) is 0 Å². The number of hydrogen-bond donors (Lipinski definition) is 2. The number of amides is 1. The van der Waals surface area contributed by atoms with Crippen LogP contribution in [0.4, 0.5) is 11.4 Å². The zero-order chi connectivity index (χ0) is 18.9. The van der Waals surface area contributed by atoms with E-state index in [1.54, 1.807) is 36.1 Å². The Morgan fingerprint density at radius 2 is 1.96 bits per heavy atom. The molecule has 7 nitrogen and oxygen atoms in total. The number of anilines is 2. The van der Waals surface area contributed by atoms with Gasteiger partial charge in [-0.2, -0.15) is 0 Å². The molecule has 0 aromatic heterocycles. The molecule has 1 fully saturated rings. The number of carbonyl (C=O) groups excluding carboxylic acids is 1. The van der Waals surface area contributed by atoms with Crippen molar-refractivity contribution in [3.63, 3.8) is 0 Å². The van der Waals surface area contributed by atoms with E-state index >= 15 is 0 Å². The van der Waals surface area contributed by atoms with E-state index in [0.29, 0.717) is 29.9 Å². The third-order valence-electron chi connectivity index (χ3n) is 4.21. The summed E-state index contributed by atoms with van der Waals surface area (Å²) >= 11 is 0. The lowest BCUT2D eigenvalue weighted by Crippen LogP contribution is -2.23. The van der Waals surface area contributed by atoms with E-state index in [1.165, 1.54) is 12.1 Å². The number of nitrogens with zero attached hydrogens (tertiary/aromatic N) is 1. The van der Waals surface area contributed by atoms with Crippen molar-refractivity contribution in [3.05, 3.63) is 53.6 Å². The molecule has 0 bridgehead atoms. The summed E-state index contributed by atoms with van der Waals surface area (Å²) in [4.78, 5) is 24.5. The maximum atomic E-state index is 12.7. The lowest BCUT2D eigenvalue weighted by Gasteiger charge is -2.17. The highest BCUT2D eigenvalue weighted by Gasteiger charge is 2.23. The van der Waals surface area contributed by atoms with Crippen molar-refractivity contribution in [2.24, 2.45) is 0 Å². The SMILES string of the molecule is Cc1ccc(C(=O)O)cc1S(=O)(=O)Nc1cccc(N2CCCC2=O)c1. The van der Waals surface area contributed by atoms with Gasteiger partial charge < -0.3 is 10.0 Å². The Hall–Kier alpha value is -2.87. The minimum atomic E-state index is -3.97. The summed E-state index contributed by atoms with van der Waals surface area (Å²) in [6.07, 6.45) is 1.26. The van der Waals surface area contributed by atoms with E-state index in [0.717, 1.165) is 12.5 Å². The molecule has 3 rings (SSSR count). The minimum absolute atomic E-state index is 0.00927. The molecule has 1 aliphatic rings. The van der Waals surface area contributed by atoms with E-state index in [-0.39, 0.29) is 16.4 Å². The third kappa shape index (κ3) is 3.55. The first-order valence-corrected chi connectivity index (χ1v) is 9.53. The van der Waals surface area contributed by atoms with Gasteiger partial charge in [-0.25, -0.2) is 13.2 Å². The van der Waals surface area contributed by atoms with Crippen LogP contribution in [-0.2, 0) is 14.8 Å². The molecule has 8 heteroatoms. The molecular weight excluding hydrogens is 356 g/mol. The molecule has 26 heavy (non-hydrogen) atoms. The maximum Gasteiger partial charge on any atom is 0.335 e. The molecule has 1 saturated heterocycles. The molecule has 2 aromatic carbocycles. The van der Waals surface area contributed by atoms with Gasteiger partial charge in [0.1, 0.15) is 0 Å². The van der Waals surface area contributed by atoms with Gasteiger partial charge in [0, 0.05) is 18.7 Å². The highest BCUT2D eigenvalue weighted by molar-refractivity contribution is 7.92. The molecule has 0 radical (unpaired) electrons. The second-order valence-electron chi connectivity index (χ2n) is 6.09. The summed E-state index contributed by atoms with van der Waals surface area (Å²) in [5.41, 5.74) is 1.27. The van der Waals surface area contributed by atoms with Crippen molar-refractivity contribution in [1.29, 1.82) is 0 Å². The van der Waals surface area contributed by atoms with Crippen molar-refractivity contribution in [2.75, 3.05) is 16.2 Å². The van der Waals surface area contributed by atoms with Crippen molar-refractivity contribution in [3.8, 4) is 0 Å². The van der Waals surface area contributed by atoms with Gasteiger partial charge in [-0.1, -0.05) is 12.1 Å². The zero-order valence-electron chi connectivity index (χ0n) is 14.1. The third-order valence-corrected chi connectivity index (χ3v) is 5.73. The number of sulfonamides is 1. The van der Waals surface area contributed by atoms with Gasteiger partial charge >= 0.3 is 5.97 Å². The fraction of sp³-hybridized carbons (Fsp3) is 0.222. The molecule has 0 unspecified atom stereocenters. The summed E-state index contributed by atoms with van der Waals surface area (Å²) in [6.45, 7) is 2.20. The number of aryl methyl sites for hydroxylation is 1. The summed E-state index contributed by atoms with van der Waals surface area (Å²) < 4.78 is 27.9. The summed E-state index contributed by atoms with van der Waals surface area (Å²) in [6, 6.07) is 10.5. The van der Waals surface area contributed by atoms with E-state index in [4.69, 9.17) is 5.11 Å². The Morgan fingerprint density at radius 3 is 2.62 bits per heavy atom. The van der Waals surface area contributed by atoms with Gasteiger partial charge in [-0.05, 0) is 49.2 Å². The lowest BCUT2D eigenvalue weighted by atomic mass is 10.1. The summed E-state index contributed by atoms with van der Waals surface area (Å²) in [5.74, 6) is -1.19. The first-order valence-electron chi connectivity index (χ1n) is 8.05. The minimum Gasteiger partial charge on any atom is -0.478 e. The van der Waals surface area contributed by atoms with Gasteiger partial charge in [0.25, 0.3) is 10.0 Å². The van der Waals surface area contributed by atoms with Gasteiger partial charge in [-0.15, -0.1) is 0 Å². The summed E-state index contributed by atoms with van der Waals surface area (Å²) in [7, 11) is -3.97. The Balaban J connectivity index is 1.92. The predicted octanol–water partition coefficient (Wildman–Crippen LogP) is 2.62. The highest BCUT2D eigenvalue weighted by Crippen LogP contribution is 2.26. The van der Waals surface area contributed by atoms with Crippen molar-refractivity contribution < 1.29 is 23.1 Å². The van der Waals surface area contributed by atoms with E-state index in [2.05, 4.69) is 4.72 Å². The van der Waals surface area contributed by atoms with Gasteiger partial charge in [-0.3, -0.25) is 9.52 Å². The van der Waals surface area contributed by atoms with E-state index in [9.17, 15) is 18.0 Å². The Labute approximate surface area is 151 Å². The number of rotatable bonds is 5. The van der Waals surface area contributed by atoms with Gasteiger partial charge in [0.15, 0.2) is 0 Å². The first kappa shape index (κ1) is 17.9. The smallest absolute Gasteiger partial charge is 0.335 e. The molecule has 1 heterocycles. The maximum absolute atomic E-state index is 12.7. The number of hydrogen-bond acceptors (Lipinski definition) is 4. The van der Waals surface area contributed by atoms with Gasteiger partial charge in [0.05, 0.1) is 16.1 Å². The molecule has 2 aromatic rings. The van der Waals surface area contributed by atoms with Crippen LogP contribution in [0.3, 0.4) is 0 Å². The second kappa shape index (κ2) is 6.80. The number of carboxylic acid groups (broad SMARTS) is 1. The highest BCUT2D eigenvalue weighted by atomic mass is 32.2. The standard InChI is InChI=1S/C18H18N2O5S/c1-12-7-8-13(18(22)23)10-16(12)26(24,25)19-14-4-2-5-15(11-14)20-9-3-6-17(20)21/h2,4-5,7-8,10-11,19H,3,6,9H2,1H3,(H,22,23). The predicted molar refractivity (Wildman–Crippen MR) is 97.0 cm³/mol. The monoisotopic (exact) mass is 374 g/mol. The van der Waals surface area contributed by atoms with Crippen LogP contribution in [-0.4, -0.2) is 31.9 Å². The van der Waals surface area contributed by atoms with Crippen molar-refractivity contribution >= 4 is 33.3 Å². The average Bonchev–Trinajstić information content (AvgIpc) is 3.00. The largest absolute Gasteiger partial charge is 0.478 e. The molecule has 1 aliphatic heterocycles. The van der Waals surface area contributed by atoms with Crippen molar-refractivity contribution in [1.82, 2.24) is 0 Å². The number of benzene rings is 2. The fourth-order valence-electron chi connectivity index (χ4n) is 2.89. The van der Waals surface area contributed by atoms with E-state index < -0.39 is 16.0 Å². The van der Waals surface area contributed by atoms with Crippen LogP contribution in [0.1, 0.15) is 28.8 Å².